The second-order valence-corrected chi connectivity index (χ2v) is 5.59. The third kappa shape index (κ3) is 5.74. The van der Waals surface area contributed by atoms with Crippen molar-refractivity contribution in [2.75, 3.05) is 26.2 Å². The summed E-state index contributed by atoms with van der Waals surface area (Å²) in [5.74, 6) is 0.174. The zero-order chi connectivity index (χ0) is 14.0. The first kappa shape index (κ1) is 15.0. The lowest BCUT2D eigenvalue weighted by atomic mass is 10.1. The molecule has 110 valence electrons. The summed E-state index contributed by atoms with van der Waals surface area (Å²) in [6, 6.07) is 10.2. The molecule has 1 fully saturated rings. The largest absolute Gasteiger partial charge is 0.356 e. The Morgan fingerprint density at radius 2 is 1.85 bits per heavy atom. The molecule has 1 aromatic carbocycles. The first-order valence-corrected chi connectivity index (χ1v) is 7.87. The van der Waals surface area contributed by atoms with E-state index in [9.17, 15) is 4.79 Å². The third-order valence-electron chi connectivity index (χ3n) is 3.91. The summed E-state index contributed by atoms with van der Waals surface area (Å²) in [7, 11) is 0. The first-order chi connectivity index (χ1) is 9.84. The maximum Gasteiger partial charge on any atom is 0.220 e. The van der Waals surface area contributed by atoms with Crippen LogP contribution >= 0.6 is 0 Å². The van der Waals surface area contributed by atoms with Gasteiger partial charge in [0.15, 0.2) is 0 Å². The lowest BCUT2D eigenvalue weighted by molar-refractivity contribution is -0.121. The van der Waals surface area contributed by atoms with Crippen LogP contribution in [-0.2, 0) is 11.2 Å². The van der Waals surface area contributed by atoms with E-state index in [1.807, 2.05) is 18.2 Å². The number of hydrogen-bond donors (Lipinski definition) is 1. The average Bonchev–Trinajstić information content (AvgIpc) is 2.52. The predicted octanol–water partition coefficient (Wildman–Crippen LogP) is 2.61. The van der Waals surface area contributed by atoms with Crippen LogP contribution in [0.4, 0.5) is 0 Å². The molecule has 1 amide bonds. The van der Waals surface area contributed by atoms with Gasteiger partial charge in [0, 0.05) is 13.0 Å². The summed E-state index contributed by atoms with van der Waals surface area (Å²) in [6.45, 7) is 4.41. The highest BCUT2D eigenvalue weighted by atomic mass is 16.1. The molecule has 0 aromatic heterocycles. The van der Waals surface area contributed by atoms with Gasteiger partial charge in [0.05, 0.1) is 0 Å². The molecule has 3 heteroatoms. The standard InChI is InChI=1S/C17H26N2O/c20-17(11-10-16-8-3-1-4-9-16)18-12-7-15-19-13-5-2-6-14-19/h1,3-4,8-9H,2,5-7,10-15H2,(H,18,20). The fourth-order valence-electron chi connectivity index (χ4n) is 2.70. The van der Waals surface area contributed by atoms with Crippen LogP contribution in [0.15, 0.2) is 30.3 Å². The van der Waals surface area contributed by atoms with Crippen molar-refractivity contribution in [3.05, 3.63) is 35.9 Å². The van der Waals surface area contributed by atoms with Crippen LogP contribution in [0.1, 0.15) is 37.7 Å². The van der Waals surface area contributed by atoms with Crippen molar-refractivity contribution in [2.45, 2.75) is 38.5 Å². The number of amides is 1. The monoisotopic (exact) mass is 274 g/mol. The van der Waals surface area contributed by atoms with Crippen LogP contribution in [0.25, 0.3) is 0 Å². The molecule has 1 saturated heterocycles. The number of nitrogens with zero attached hydrogens (tertiary/aromatic N) is 1. The highest BCUT2D eigenvalue weighted by Crippen LogP contribution is 2.08. The van der Waals surface area contributed by atoms with E-state index in [1.54, 1.807) is 0 Å². The number of nitrogens with one attached hydrogen (secondary N) is 1. The Morgan fingerprint density at radius 1 is 1.10 bits per heavy atom. The minimum absolute atomic E-state index is 0.174. The van der Waals surface area contributed by atoms with Gasteiger partial charge < -0.3 is 10.2 Å². The smallest absolute Gasteiger partial charge is 0.220 e. The Balaban J connectivity index is 1.51. The van der Waals surface area contributed by atoms with Gasteiger partial charge in [-0.3, -0.25) is 4.79 Å². The predicted molar refractivity (Wildman–Crippen MR) is 82.7 cm³/mol. The molecule has 1 aromatic rings. The Labute approximate surface area is 122 Å². The SMILES string of the molecule is O=C(CCc1ccccc1)NCCCN1CCCCC1. The molecule has 0 bridgehead atoms. The van der Waals surface area contributed by atoms with Gasteiger partial charge >= 0.3 is 0 Å². The van der Waals surface area contributed by atoms with Crippen molar-refractivity contribution in [3.8, 4) is 0 Å². The van der Waals surface area contributed by atoms with E-state index in [0.717, 1.165) is 25.9 Å². The number of rotatable bonds is 7. The second kappa shape index (κ2) is 8.75. The lowest BCUT2D eigenvalue weighted by Crippen LogP contribution is -2.33. The summed E-state index contributed by atoms with van der Waals surface area (Å²) in [6.07, 6.45) is 6.54. The molecule has 0 radical (unpaired) electrons. The van der Waals surface area contributed by atoms with Gasteiger partial charge in [-0.2, -0.15) is 0 Å². The molecule has 0 saturated carbocycles. The van der Waals surface area contributed by atoms with Crippen molar-refractivity contribution in [1.82, 2.24) is 10.2 Å². The van der Waals surface area contributed by atoms with Crippen molar-refractivity contribution in [2.24, 2.45) is 0 Å². The maximum atomic E-state index is 11.7. The Bertz CT molecular complexity index is 385. The molecule has 1 aliphatic rings. The molecule has 0 unspecified atom stereocenters. The number of carbonyl (C=O) groups is 1. The van der Waals surface area contributed by atoms with Gasteiger partial charge in [-0.15, -0.1) is 0 Å². The molecule has 20 heavy (non-hydrogen) atoms. The van der Waals surface area contributed by atoms with E-state index < -0.39 is 0 Å². The number of piperidine rings is 1. The van der Waals surface area contributed by atoms with Crippen LogP contribution < -0.4 is 5.32 Å². The summed E-state index contributed by atoms with van der Waals surface area (Å²) < 4.78 is 0. The molecule has 1 heterocycles. The van der Waals surface area contributed by atoms with Gasteiger partial charge in [-0.25, -0.2) is 0 Å². The van der Waals surface area contributed by atoms with E-state index in [0.29, 0.717) is 6.42 Å². The van der Waals surface area contributed by atoms with Gasteiger partial charge in [0.1, 0.15) is 0 Å². The Hall–Kier alpha value is -1.35. The number of likely N-dealkylation sites (tertiary alicyclic amines) is 1. The number of carbonyl (C=O) groups excluding carboxylic acids is 1. The topological polar surface area (TPSA) is 32.3 Å². The van der Waals surface area contributed by atoms with Crippen LogP contribution in [0, 0.1) is 0 Å². The molecule has 3 nitrogen and oxygen atoms in total. The third-order valence-corrected chi connectivity index (χ3v) is 3.91. The summed E-state index contributed by atoms with van der Waals surface area (Å²) in [5, 5.41) is 3.03. The van der Waals surface area contributed by atoms with Crippen molar-refractivity contribution in [1.29, 1.82) is 0 Å². The normalized spacial score (nSPS) is 16.0. The van der Waals surface area contributed by atoms with Crippen molar-refractivity contribution in [3.63, 3.8) is 0 Å². The molecule has 1 aliphatic heterocycles. The Morgan fingerprint density at radius 3 is 2.60 bits per heavy atom. The van der Waals surface area contributed by atoms with E-state index >= 15 is 0 Å². The molecule has 2 rings (SSSR count). The fraction of sp³-hybridized carbons (Fsp3) is 0.588. The van der Waals surface area contributed by atoms with Crippen LogP contribution in [0.2, 0.25) is 0 Å². The molecule has 0 aliphatic carbocycles. The quantitative estimate of drug-likeness (QED) is 0.775. The molecule has 0 spiro atoms. The zero-order valence-electron chi connectivity index (χ0n) is 12.3. The minimum atomic E-state index is 0.174. The van der Waals surface area contributed by atoms with E-state index in [2.05, 4.69) is 22.3 Å². The van der Waals surface area contributed by atoms with Crippen LogP contribution in [0.3, 0.4) is 0 Å². The molecular formula is C17H26N2O. The summed E-state index contributed by atoms with van der Waals surface area (Å²) in [5.41, 5.74) is 1.23. The van der Waals surface area contributed by atoms with Crippen molar-refractivity contribution < 1.29 is 4.79 Å². The number of aryl methyl sites for hydroxylation is 1. The fourth-order valence-corrected chi connectivity index (χ4v) is 2.70. The summed E-state index contributed by atoms with van der Waals surface area (Å²) >= 11 is 0. The van der Waals surface area contributed by atoms with E-state index in [-0.39, 0.29) is 5.91 Å². The van der Waals surface area contributed by atoms with Gasteiger partial charge in [0.25, 0.3) is 0 Å². The zero-order valence-corrected chi connectivity index (χ0v) is 12.3. The molecule has 0 atom stereocenters. The number of benzene rings is 1. The molecular weight excluding hydrogens is 248 g/mol. The maximum absolute atomic E-state index is 11.7. The van der Waals surface area contributed by atoms with E-state index in [1.165, 1.54) is 37.9 Å². The number of hydrogen-bond acceptors (Lipinski definition) is 2. The second-order valence-electron chi connectivity index (χ2n) is 5.59. The average molecular weight is 274 g/mol. The molecule has 1 N–H and O–H groups in total. The lowest BCUT2D eigenvalue weighted by Gasteiger charge is -2.26. The minimum Gasteiger partial charge on any atom is -0.356 e. The van der Waals surface area contributed by atoms with Gasteiger partial charge in [-0.1, -0.05) is 36.8 Å². The van der Waals surface area contributed by atoms with Gasteiger partial charge in [0.2, 0.25) is 5.91 Å². The van der Waals surface area contributed by atoms with Crippen LogP contribution in [-0.4, -0.2) is 37.0 Å². The van der Waals surface area contributed by atoms with Crippen LogP contribution in [0.5, 0.6) is 0 Å². The van der Waals surface area contributed by atoms with E-state index in [4.69, 9.17) is 0 Å². The summed E-state index contributed by atoms with van der Waals surface area (Å²) in [4.78, 5) is 14.3. The highest BCUT2D eigenvalue weighted by Gasteiger charge is 2.09. The van der Waals surface area contributed by atoms with Crippen molar-refractivity contribution >= 4 is 5.91 Å². The van der Waals surface area contributed by atoms with Gasteiger partial charge in [-0.05, 0) is 50.9 Å². The first-order valence-electron chi connectivity index (χ1n) is 7.87. The Kier molecular flexibility index (Phi) is 6.58. The highest BCUT2D eigenvalue weighted by molar-refractivity contribution is 5.76.